The fourth-order valence-electron chi connectivity index (χ4n) is 6.35. The lowest BCUT2D eigenvalue weighted by atomic mass is 9.68. The molecule has 2 aromatic heterocycles. The van der Waals surface area contributed by atoms with Crippen molar-refractivity contribution < 1.29 is 4.79 Å². The summed E-state index contributed by atoms with van der Waals surface area (Å²) < 4.78 is 0. The van der Waals surface area contributed by atoms with E-state index in [0.717, 1.165) is 43.2 Å². The normalized spacial score (nSPS) is 31.7. The zero-order valence-corrected chi connectivity index (χ0v) is 17.5. The van der Waals surface area contributed by atoms with Gasteiger partial charge in [0, 0.05) is 30.1 Å². The van der Waals surface area contributed by atoms with E-state index in [2.05, 4.69) is 37.5 Å². The largest absolute Gasteiger partial charge is 0.330 e. The van der Waals surface area contributed by atoms with Gasteiger partial charge in [-0.3, -0.25) is 14.8 Å². The Morgan fingerprint density at radius 1 is 1.24 bits per heavy atom. The Morgan fingerprint density at radius 3 is 3.10 bits per heavy atom. The molecule has 1 amide bonds. The third kappa shape index (κ3) is 2.99. The first-order valence-corrected chi connectivity index (χ1v) is 12.1. The summed E-state index contributed by atoms with van der Waals surface area (Å²) in [6.07, 6.45) is 10.1. The van der Waals surface area contributed by atoms with Gasteiger partial charge in [-0.15, -0.1) is 0 Å². The van der Waals surface area contributed by atoms with Crippen LogP contribution in [-0.2, 0) is 0 Å². The highest BCUT2D eigenvalue weighted by molar-refractivity contribution is 7.08. The maximum Gasteiger partial charge on any atom is 0.272 e. The van der Waals surface area contributed by atoms with E-state index in [1.807, 2.05) is 11.4 Å². The lowest BCUT2D eigenvalue weighted by molar-refractivity contribution is 0.00131. The van der Waals surface area contributed by atoms with Crippen molar-refractivity contribution in [2.75, 3.05) is 19.6 Å². The standard InChI is InChI=1S/C23H28N4OS/c28-23(20-12-19(24-25-20)16-6-9-29-14-16)27-8-3-4-15-10-17-11-18(22(15)27)13-26-7-2-1-5-21(17)26/h6,9-10,12,14,17-18,21-22H,1-5,7-8,11,13H2,(H,24,25)/t17?,18?,21-,22-/m1/s1. The molecule has 4 aliphatic rings. The summed E-state index contributed by atoms with van der Waals surface area (Å²) in [6, 6.07) is 5.01. The molecule has 4 atom stereocenters. The van der Waals surface area contributed by atoms with E-state index in [1.165, 1.54) is 37.8 Å². The van der Waals surface area contributed by atoms with Gasteiger partial charge in [0.05, 0.1) is 11.7 Å². The Morgan fingerprint density at radius 2 is 2.21 bits per heavy atom. The number of rotatable bonds is 2. The number of carbonyl (C=O) groups is 1. The van der Waals surface area contributed by atoms with Crippen LogP contribution >= 0.6 is 11.3 Å². The first-order chi connectivity index (χ1) is 14.3. The second kappa shape index (κ2) is 7.10. The minimum atomic E-state index is 0.119. The molecular formula is C23H28N4OS. The van der Waals surface area contributed by atoms with E-state index in [1.54, 1.807) is 11.3 Å². The number of hydrogen-bond donors (Lipinski definition) is 1. The zero-order valence-electron chi connectivity index (χ0n) is 16.7. The summed E-state index contributed by atoms with van der Waals surface area (Å²) in [5.74, 6) is 1.40. The van der Waals surface area contributed by atoms with Crippen LogP contribution in [0.5, 0.6) is 0 Å². The quantitative estimate of drug-likeness (QED) is 0.759. The van der Waals surface area contributed by atoms with Crippen LogP contribution in [0.4, 0.5) is 0 Å². The molecule has 3 saturated heterocycles. The Labute approximate surface area is 175 Å². The average Bonchev–Trinajstić information content (AvgIpc) is 3.45. The van der Waals surface area contributed by atoms with Gasteiger partial charge in [0.15, 0.2) is 0 Å². The molecule has 1 N–H and O–H groups in total. The third-order valence-electron chi connectivity index (χ3n) is 7.54. The maximum absolute atomic E-state index is 13.5. The van der Waals surface area contributed by atoms with Gasteiger partial charge in [0.2, 0.25) is 0 Å². The number of likely N-dealkylation sites (tertiary alicyclic amines) is 1. The predicted molar refractivity (Wildman–Crippen MR) is 115 cm³/mol. The van der Waals surface area contributed by atoms with Crippen molar-refractivity contribution in [1.82, 2.24) is 20.0 Å². The lowest BCUT2D eigenvalue weighted by Gasteiger charge is -2.54. The van der Waals surface area contributed by atoms with Crippen molar-refractivity contribution in [3.63, 3.8) is 0 Å². The van der Waals surface area contributed by atoms with E-state index in [9.17, 15) is 4.79 Å². The SMILES string of the molecule is O=C(c1cc(-c2ccsc2)n[nH]1)N1CCCC2=CC3CC(CN4CCCC[C@H]34)[C@@H]21. The number of fused-ring (bicyclic) bond motifs is 6. The highest BCUT2D eigenvalue weighted by atomic mass is 32.1. The monoisotopic (exact) mass is 408 g/mol. The molecule has 5 heterocycles. The third-order valence-corrected chi connectivity index (χ3v) is 8.23. The Bertz CT molecular complexity index is 933. The molecule has 152 valence electrons. The summed E-state index contributed by atoms with van der Waals surface area (Å²) in [4.78, 5) is 18.4. The maximum atomic E-state index is 13.5. The number of carbonyl (C=O) groups excluding carboxylic acids is 1. The molecule has 2 bridgehead atoms. The molecule has 0 radical (unpaired) electrons. The molecule has 0 spiro atoms. The number of nitrogens with zero attached hydrogens (tertiary/aromatic N) is 3. The highest BCUT2D eigenvalue weighted by Crippen LogP contribution is 2.45. The molecule has 2 unspecified atom stereocenters. The van der Waals surface area contributed by atoms with Crippen LogP contribution in [-0.4, -0.2) is 57.6 Å². The Kier molecular flexibility index (Phi) is 4.38. The van der Waals surface area contributed by atoms with Gasteiger partial charge in [-0.1, -0.05) is 18.1 Å². The molecule has 5 nitrogen and oxygen atoms in total. The van der Waals surface area contributed by atoms with Crippen LogP contribution in [0.2, 0.25) is 0 Å². The van der Waals surface area contributed by atoms with Crippen molar-refractivity contribution in [3.8, 4) is 11.3 Å². The first kappa shape index (κ1) is 17.9. The molecule has 1 aliphatic carbocycles. The van der Waals surface area contributed by atoms with Crippen molar-refractivity contribution in [2.45, 2.75) is 50.6 Å². The summed E-state index contributed by atoms with van der Waals surface area (Å²) in [5, 5.41) is 11.5. The van der Waals surface area contributed by atoms with Crippen molar-refractivity contribution in [1.29, 1.82) is 0 Å². The summed E-state index contributed by atoms with van der Waals surface area (Å²) in [7, 11) is 0. The number of thiophene rings is 1. The van der Waals surface area contributed by atoms with Crippen LogP contribution in [0.25, 0.3) is 11.3 Å². The predicted octanol–water partition coefficient (Wildman–Crippen LogP) is 4.17. The van der Waals surface area contributed by atoms with Gasteiger partial charge in [-0.2, -0.15) is 16.4 Å². The van der Waals surface area contributed by atoms with Crippen molar-refractivity contribution >= 4 is 17.2 Å². The van der Waals surface area contributed by atoms with Gasteiger partial charge < -0.3 is 4.90 Å². The van der Waals surface area contributed by atoms with Gasteiger partial charge in [0.25, 0.3) is 5.91 Å². The summed E-state index contributed by atoms with van der Waals surface area (Å²) in [5.41, 5.74) is 4.10. The number of amides is 1. The van der Waals surface area contributed by atoms with Crippen LogP contribution in [0, 0.1) is 11.8 Å². The average molecular weight is 409 g/mol. The topological polar surface area (TPSA) is 52.2 Å². The second-order valence-electron chi connectivity index (χ2n) is 9.19. The van der Waals surface area contributed by atoms with E-state index < -0.39 is 0 Å². The molecule has 2 aromatic rings. The molecule has 0 saturated carbocycles. The minimum Gasteiger partial charge on any atom is -0.330 e. The number of hydrogen-bond acceptors (Lipinski definition) is 4. The summed E-state index contributed by atoms with van der Waals surface area (Å²) >= 11 is 1.65. The van der Waals surface area contributed by atoms with Crippen LogP contribution in [0.1, 0.15) is 49.0 Å². The zero-order chi connectivity index (χ0) is 19.4. The molecule has 6 heteroatoms. The minimum absolute atomic E-state index is 0.119. The van der Waals surface area contributed by atoms with E-state index in [-0.39, 0.29) is 11.9 Å². The van der Waals surface area contributed by atoms with Gasteiger partial charge >= 0.3 is 0 Å². The Hall–Kier alpha value is -1.92. The molecule has 3 aliphatic heterocycles. The number of aromatic nitrogens is 2. The molecule has 6 rings (SSSR count). The first-order valence-electron chi connectivity index (χ1n) is 11.1. The fraction of sp³-hybridized carbons (Fsp3) is 0.565. The van der Waals surface area contributed by atoms with E-state index in [4.69, 9.17) is 0 Å². The molecular weight excluding hydrogens is 380 g/mol. The molecule has 3 fully saturated rings. The summed E-state index contributed by atoms with van der Waals surface area (Å²) in [6.45, 7) is 3.26. The van der Waals surface area contributed by atoms with E-state index in [0.29, 0.717) is 17.5 Å². The Balaban J connectivity index is 1.29. The second-order valence-corrected chi connectivity index (χ2v) is 9.97. The van der Waals surface area contributed by atoms with Crippen LogP contribution < -0.4 is 0 Å². The number of H-pyrrole nitrogens is 1. The van der Waals surface area contributed by atoms with Gasteiger partial charge in [-0.05, 0) is 68.0 Å². The van der Waals surface area contributed by atoms with E-state index >= 15 is 0 Å². The number of nitrogens with one attached hydrogen (secondary N) is 1. The highest BCUT2D eigenvalue weighted by Gasteiger charge is 2.47. The molecule has 29 heavy (non-hydrogen) atoms. The molecule has 0 aromatic carbocycles. The van der Waals surface area contributed by atoms with Crippen LogP contribution in [0.3, 0.4) is 0 Å². The van der Waals surface area contributed by atoms with Crippen LogP contribution in [0.15, 0.2) is 34.5 Å². The lowest BCUT2D eigenvalue weighted by Crippen LogP contribution is -2.60. The van der Waals surface area contributed by atoms with Gasteiger partial charge in [0.1, 0.15) is 5.69 Å². The van der Waals surface area contributed by atoms with Gasteiger partial charge in [-0.25, -0.2) is 0 Å². The van der Waals surface area contributed by atoms with Crippen molar-refractivity contribution in [2.24, 2.45) is 11.8 Å². The number of aromatic amines is 1. The number of piperidine rings is 3. The smallest absolute Gasteiger partial charge is 0.272 e. The fourth-order valence-corrected chi connectivity index (χ4v) is 6.99. The van der Waals surface area contributed by atoms with Crippen molar-refractivity contribution in [3.05, 3.63) is 40.2 Å².